The summed E-state index contributed by atoms with van der Waals surface area (Å²) in [6.07, 6.45) is 5.29. The van der Waals surface area contributed by atoms with Gasteiger partial charge in [0.15, 0.2) is 0 Å². The molecule has 5 nitrogen and oxygen atoms in total. The Balaban J connectivity index is 1.52. The summed E-state index contributed by atoms with van der Waals surface area (Å²) in [5.74, 6) is -0.235. The minimum absolute atomic E-state index is 0.312. The maximum Gasteiger partial charge on any atom is 0.338 e. The highest BCUT2D eigenvalue weighted by atomic mass is 16.5. The summed E-state index contributed by atoms with van der Waals surface area (Å²) < 4.78 is 7.68. The molecule has 0 bridgehead atoms. The van der Waals surface area contributed by atoms with Gasteiger partial charge >= 0.3 is 5.97 Å². The van der Waals surface area contributed by atoms with E-state index in [0.29, 0.717) is 29.7 Å². The standard InChI is InChI=1S/C22H30N2O3/c1-14(16-8-10-17(11-9-16)23-12-18(13-23)27-3)24-15(2)21(22(25)26)19-6-4-5-7-20(19)24/h4-7,14,16-18H,8-13H2,1-3H3,(H,25,26). The molecule has 4 rings (SSSR count). The Labute approximate surface area is 160 Å². The smallest absolute Gasteiger partial charge is 0.338 e. The van der Waals surface area contributed by atoms with E-state index in [9.17, 15) is 9.90 Å². The first-order valence-corrected chi connectivity index (χ1v) is 10.1. The van der Waals surface area contributed by atoms with E-state index in [-0.39, 0.29) is 0 Å². The lowest BCUT2D eigenvalue weighted by atomic mass is 9.80. The number of nitrogens with zero attached hydrogens (tertiary/aromatic N) is 2. The minimum Gasteiger partial charge on any atom is -0.478 e. The number of likely N-dealkylation sites (tertiary alicyclic amines) is 1. The van der Waals surface area contributed by atoms with Crippen molar-refractivity contribution in [3.05, 3.63) is 35.5 Å². The van der Waals surface area contributed by atoms with Crippen LogP contribution in [0.3, 0.4) is 0 Å². The summed E-state index contributed by atoms with van der Waals surface area (Å²) in [6, 6.07) is 8.92. The number of hydrogen-bond donors (Lipinski definition) is 1. The molecule has 1 unspecified atom stereocenters. The molecule has 2 fully saturated rings. The van der Waals surface area contributed by atoms with Crippen LogP contribution in [0.1, 0.15) is 54.7 Å². The largest absolute Gasteiger partial charge is 0.478 e. The molecule has 5 heteroatoms. The molecular formula is C22H30N2O3. The van der Waals surface area contributed by atoms with Crippen LogP contribution in [0, 0.1) is 12.8 Å². The number of para-hydroxylation sites is 1. The summed E-state index contributed by atoms with van der Waals surface area (Å²) in [7, 11) is 1.80. The number of fused-ring (bicyclic) bond motifs is 1. The van der Waals surface area contributed by atoms with Crippen LogP contribution in [-0.4, -0.2) is 52.9 Å². The van der Waals surface area contributed by atoms with Crippen molar-refractivity contribution in [1.82, 2.24) is 9.47 Å². The number of aromatic nitrogens is 1. The van der Waals surface area contributed by atoms with Gasteiger partial charge in [-0.3, -0.25) is 4.90 Å². The van der Waals surface area contributed by atoms with Crippen molar-refractivity contribution >= 4 is 16.9 Å². The molecule has 2 aromatic rings. The van der Waals surface area contributed by atoms with Crippen molar-refractivity contribution in [3.8, 4) is 0 Å². The van der Waals surface area contributed by atoms with E-state index in [1.165, 1.54) is 25.7 Å². The van der Waals surface area contributed by atoms with Gasteiger partial charge in [-0.05, 0) is 51.5 Å². The molecule has 1 saturated heterocycles. The van der Waals surface area contributed by atoms with Gasteiger partial charge in [0, 0.05) is 48.9 Å². The van der Waals surface area contributed by atoms with Crippen LogP contribution in [-0.2, 0) is 4.74 Å². The maximum absolute atomic E-state index is 11.8. The molecule has 2 aliphatic rings. The van der Waals surface area contributed by atoms with Crippen molar-refractivity contribution in [2.24, 2.45) is 5.92 Å². The number of aromatic carboxylic acids is 1. The molecule has 27 heavy (non-hydrogen) atoms. The van der Waals surface area contributed by atoms with Crippen LogP contribution in [0.5, 0.6) is 0 Å². The average Bonchev–Trinajstić information content (AvgIpc) is 2.92. The number of rotatable bonds is 5. The van der Waals surface area contributed by atoms with Crippen LogP contribution in [0.4, 0.5) is 0 Å². The van der Waals surface area contributed by atoms with Crippen LogP contribution in [0.2, 0.25) is 0 Å². The molecule has 1 N–H and O–H groups in total. The molecule has 1 saturated carbocycles. The number of benzene rings is 1. The number of carboxylic acid groups (broad SMARTS) is 1. The minimum atomic E-state index is -0.830. The van der Waals surface area contributed by atoms with E-state index in [1.807, 2.05) is 25.1 Å². The fourth-order valence-corrected chi connectivity index (χ4v) is 5.26. The second-order valence-corrected chi connectivity index (χ2v) is 8.27. The van der Waals surface area contributed by atoms with Crippen molar-refractivity contribution < 1.29 is 14.6 Å². The summed E-state index contributed by atoms with van der Waals surface area (Å²) in [6.45, 7) is 6.37. The molecule has 1 aliphatic heterocycles. The Kier molecular flexibility index (Phi) is 4.99. The zero-order chi connectivity index (χ0) is 19.1. The third-order valence-corrected chi connectivity index (χ3v) is 6.93. The monoisotopic (exact) mass is 370 g/mol. The lowest BCUT2D eigenvalue weighted by Gasteiger charge is -2.46. The molecule has 2 heterocycles. The zero-order valence-electron chi connectivity index (χ0n) is 16.5. The third kappa shape index (κ3) is 3.17. The van der Waals surface area contributed by atoms with Gasteiger partial charge in [-0.2, -0.15) is 0 Å². The summed E-state index contributed by atoms with van der Waals surface area (Å²) >= 11 is 0. The van der Waals surface area contributed by atoms with Gasteiger partial charge in [-0.1, -0.05) is 18.2 Å². The molecule has 0 spiro atoms. The highest BCUT2D eigenvalue weighted by molar-refractivity contribution is 6.05. The van der Waals surface area contributed by atoms with E-state index in [2.05, 4.69) is 22.5 Å². The zero-order valence-corrected chi connectivity index (χ0v) is 16.5. The molecule has 1 aliphatic carbocycles. The SMILES string of the molecule is COC1CN(C2CCC(C(C)n3c(C)c(C(=O)O)c4ccccc43)CC2)C1. The normalized spacial score (nSPS) is 25.4. The van der Waals surface area contributed by atoms with E-state index < -0.39 is 5.97 Å². The summed E-state index contributed by atoms with van der Waals surface area (Å²) in [5, 5.41) is 10.6. The van der Waals surface area contributed by atoms with Crippen molar-refractivity contribution in [2.45, 2.75) is 57.7 Å². The highest BCUT2D eigenvalue weighted by Gasteiger charge is 2.36. The molecule has 1 aromatic carbocycles. The van der Waals surface area contributed by atoms with Gasteiger partial charge in [0.2, 0.25) is 0 Å². The Hall–Kier alpha value is -1.85. The molecular weight excluding hydrogens is 340 g/mol. The summed E-state index contributed by atoms with van der Waals surface area (Å²) in [4.78, 5) is 14.4. The molecule has 1 atom stereocenters. The number of hydrogen-bond acceptors (Lipinski definition) is 3. The van der Waals surface area contributed by atoms with Crippen LogP contribution < -0.4 is 0 Å². The Bertz CT molecular complexity index is 829. The Morgan fingerprint density at radius 2 is 1.85 bits per heavy atom. The third-order valence-electron chi connectivity index (χ3n) is 6.93. The van der Waals surface area contributed by atoms with Crippen molar-refractivity contribution in [2.75, 3.05) is 20.2 Å². The molecule has 0 radical (unpaired) electrons. The molecule has 1 aromatic heterocycles. The van der Waals surface area contributed by atoms with E-state index in [1.54, 1.807) is 7.11 Å². The Morgan fingerprint density at radius 3 is 2.48 bits per heavy atom. The van der Waals surface area contributed by atoms with Gasteiger partial charge in [-0.15, -0.1) is 0 Å². The number of carbonyl (C=O) groups is 1. The molecule has 0 amide bonds. The van der Waals surface area contributed by atoms with E-state index >= 15 is 0 Å². The lowest BCUT2D eigenvalue weighted by Crippen LogP contribution is -2.56. The first kappa shape index (κ1) is 18.5. The van der Waals surface area contributed by atoms with Gasteiger partial charge in [0.1, 0.15) is 0 Å². The second-order valence-electron chi connectivity index (χ2n) is 8.27. The lowest BCUT2D eigenvalue weighted by molar-refractivity contribution is -0.0605. The molecule has 146 valence electrons. The van der Waals surface area contributed by atoms with E-state index in [4.69, 9.17) is 4.74 Å². The van der Waals surface area contributed by atoms with Gasteiger partial charge in [0.05, 0.1) is 11.7 Å². The van der Waals surface area contributed by atoms with Crippen LogP contribution >= 0.6 is 0 Å². The summed E-state index contributed by atoms with van der Waals surface area (Å²) in [5.41, 5.74) is 2.38. The van der Waals surface area contributed by atoms with Gasteiger partial charge < -0.3 is 14.4 Å². The first-order valence-electron chi connectivity index (χ1n) is 10.1. The fraction of sp³-hybridized carbons (Fsp3) is 0.591. The quantitative estimate of drug-likeness (QED) is 0.861. The fourth-order valence-electron chi connectivity index (χ4n) is 5.26. The Morgan fingerprint density at radius 1 is 1.19 bits per heavy atom. The van der Waals surface area contributed by atoms with Crippen molar-refractivity contribution in [1.29, 1.82) is 0 Å². The number of methoxy groups -OCH3 is 1. The topological polar surface area (TPSA) is 54.7 Å². The highest BCUT2D eigenvalue weighted by Crippen LogP contribution is 2.39. The van der Waals surface area contributed by atoms with Crippen LogP contribution in [0.25, 0.3) is 10.9 Å². The maximum atomic E-state index is 11.8. The van der Waals surface area contributed by atoms with E-state index in [0.717, 1.165) is 29.7 Å². The number of carboxylic acids is 1. The predicted octanol–water partition coefficient (Wildman–Crippen LogP) is 4.10. The average molecular weight is 370 g/mol. The van der Waals surface area contributed by atoms with Crippen LogP contribution in [0.15, 0.2) is 24.3 Å². The van der Waals surface area contributed by atoms with Gasteiger partial charge in [0.25, 0.3) is 0 Å². The number of ether oxygens (including phenoxy) is 1. The van der Waals surface area contributed by atoms with Gasteiger partial charge in [-0.25, -0.2) is 4.79 Å². The van der Waals surface area contributed by atoms with Crippen molar-refractivity contribution in [3.63, 3.8) is 0 Å². The first-order chi connectivity index (χ1) is 13.0. The second kappa shape index (κ2) is 7.28. The predicted molar refractivity (Wildman–Crippen MR) is 106 cm³/mol.